The number of carbonyl (C=O) groups is 1. The fourth-order valence-electron chi connectivity index (χ4n) is 1.86. The van der Waals surface area contributed by atoms with Gasteiger partial charge < -0.3 is 4.74 Å². The lowest BCUT2D eigenvalue weighted by Crippen LogP contribution is -2.34. The monoisotopic (exact) mass is 384 g/mol. The van der Waals surface area contributed by atoms with Crippen molar-refractivity contribution in [2.24, 2.45) is 5.10 Å². The number of rotatable bonds is 5. The average molecular weight is 386 g/mol. The van der Waals surface area contributed by atoms with Crippen molar-refractivity contribution in [3.05, 3.63) is 63.1 Å². The molecule has 1 unspecified atom stereocenters. The molecule has 2 aromatic rings. The molecule has 0 aliphatic rings. The first-order valence-electron chi connectivity index (χ1n) is 7.09. The summed E-state index contributed by atoms with van der Waals surface area (Å²) in [6.07, 6.45) is -0.786. The Balaban J connectivity index is 2.01. The zero-order chi connectivity index (χ0) is 17.7. The Kier molecular flexibility index (Phi) is 6.49. The molecule has 0 saturated carbocycles. The van der Waals surface area contributed by atoms with Crippen LogP contribution in [0.4, 0.5) is 0 Å². The van der Waals surface area contributed by atoms with Gasteiger partial charge in [-0.25, -0.2) is 5.43 Å². The molecule has 0 aliphatic heterocycles. The van der Waals surface area contributed by atoms with Crippen molar-refractivity contribution in [1.82, 2.24) is 5.43 Å². The van der Waals surface area contributed by atoms with Gasteiger partial charge in [0.1, 0.15) is 5.75 Å². The number of halogens is 3. The Labute approximate surface area is 155 Å². The van der Waals surface area contributed by atoms with E-state index in [2.05, 4.69) is 10.5 Å². The van der Waals surface area contributed by atoms with E-state index in [1.54, 1.807) is 38.1 Å². The molecule has 0 aromatic heterocycles. The predicted octanol–water partition coefficient (Wildman–Crippen LogP) is 4.95. The van der Waals surface area contributed by atoms with Crippen molar-refractivity contribution >= 4 is 46.4 Å². The molecule has 1 N–H and O–H groups in total. The maximum absolute atomic E-state index is 12.1. The van der Waals surface area contributed by atoms with Gasteiger partial charge in [0, 0.05) is 15.6 Å². The van der Waals surface area contributed by atoms with Gasteiger partial charge in [-0.05, 0) is 38.1 Å². The molecular weight excluding hydrogens is 371 g/mol. The summed E-state index contributed by atoms with van der Waals surface area (Å²) in [6, 6.07) is 12.0. The molecule has 7 heteroatoms. The first kappa shape index (κ1) is 18.6. The van der Waals surface area contributed by atoms with Gasteiger partial charge in [-0.15, -0.1) is 0 Å². The molecule has 0 radical (unpaired) electrons. The van der Waals surface area contributed by atoms with Gasteiger partial charge in [0.2, 0.25) is 0 Å². The molecular formula is C17H15Cl3N2O2. The van der Waals surface area contributed by atoms with Gasteiger partial charge >= 0.3 is 0 Å². The lowest BCUT2D eigenvalue weighted by molar-refractivity contribution is -0.127. The van der Waals surface area contributed by atoms with Crippen LogP contribution in [0.15, 0.2) is 47.6 Å². The van der Waals surface area contributed by atoms with Crippen molar-refractivity contribution in [3.8, 4) is 5.75 Å². The van der Waals surface area contributed by atoms with Crippen LogP contribution < -0.4 is 10.2 Å². The van der Waals surface area contributed by atoms with Crippen molar-refractivity contribution in [1.29, 1.82) is 0 Å². The molecule has 2 rings (SSSR count). The summed E-state index contributed by atoms with van der Waals surface area (Å²) < 4.78 is 5.53. The van der Waals surface area contributed by atoms with E-state index in [0.717, 1.165) is 5.56 Å². The second kappa shape index (κ2) is 8.38. The molecule has 0 bridgehead atoms. The third-order valence-corrected chi connectivity index (χ3v) is 4.02. The molecule has 126 valence electrons. The summed E-state index contributed by atoms with van der Waals surface area (Å²) in [5, 5.41) is 5.43. The number of benzene rings is 2. The van der Waals surface area contributed by atoms with Crippen LogP contribution in [0.2, 0.25) is 15.1 Å². The van der Waals surface area contributed by atoms with E-state index < -0.39 is 12.0 Å². The van der Waals surface area contributed by atoms with Crippen LogP contribution in [0, 0.1) is 0 Å². The number of hydrogen-bond acceptors (Lipinski definition) is 3. The number of nitrogens with one attached hydrogen (secondary N) is 1. The van der Waals surface area contributed by atoms with E-state index in [4.69, 9.17) is 39.5 Å². The van der Waals surface area contributed by atoms with Crippen LogP contribution in [0.1, 0.15) is 19.4 Å². The van der Waals surface area contributed by atoms with Gasteiger partial charge in [0.15, 0.2) is 6.10 Å². The summed E-state index contributed by atoms with van der Waals surface area (Å²) >= 11 is 17.9. The molecule has 0 aliphatic carbocycles. The summed E-state index contributed by atoms with van der Waals surface area (Å²) in [5.74, 6) is -0.0389. The summed E-state index contributed by atoms with van der Waals surface area (Å²) in [4.78, 5) is 12.1. The van der Waals surface area contributed by atoms with E-state index in [0.29, 0.717) is 26.5 Å². The zero-order valence-corrected chi connectivity index (χ0v) is 15.3. The molecule has 24 heavy (non-hydrogen) atoms. The summed E-state index contributed by atoms with van der Waals surface area (Å²) in [6.45, 7) is 3.35. The highest BCUT2D eigenvalue weighted by atomic mass is 35.5. The van der Waals surface area contributed by atoms with Crippen LogP contribution in [-0.2, 0) is 4.79 Å². The molecule has 0 heterocycles. The van der Waals surface area contributed by atoms with E-state index in [-0.39, 0.29) is 0 Å². The topological polar surface area (TPSA) is 50.7 Å². The highest BCUT2D eigenvalue weighted by molar-refractivity contribution is 6.35. The third-order valence-electron chi connectivity index (χ3n) is 3.16. The van der Waals surface area contributed by atoms with E-state index in [1.165, 1.54) is 0 Å². The number of hydrogen-bond donors (Lipinski definition) is 1. The Morgan fingerprint density at radius 3 is 2.50 bits per heavy atom. The molecule has 2 aromatic carbocycles. The fourth-order valence-corrected chi connectivity index (χ4v) is 2.58. The molecule has 0 saturated heterocycles. The second-order valence-corrected chi connectivity index (χ2v) is 6.24. The molecule has 1 atom stereocenters. The normalized spacial score (nSPS) is 12.6. The van der Waals surface area contributed by atoms with Crippen molar-refractivity contribution in [2.45, 2.75) is 20.0 Å². The first-order chi connectivity index (χ1) is 11.4. The highest BCUT2D eigenvalue weighted by Gasteiger charge is 2.16. The number of carbonyl (C=O) groups excluding carboxylic acids is 1. The minimum Gasteiger partial charge on any atom is -0.479 e. The Bertz CT molecular complexity index is 778. The van der Waals surface area contributed by atoms with E-state index >= 15 is 0 Å². The molecule has 4 nitrogen and oxygen atoms in total. The summed E-state index contributed by atoms with van der Waals surface area (Å²) in [5.41, 5.74) is 3.79. The average Bonchev–Trinajstić information content (AvgIpc) is 2.55. The second-order valence-electron chi connectivity index (χ2n) is 4.99. The number of nitrogens with zero attached hydrogens (tertiary/aromatic N) is 1. The molecule has 0 fully saturated rings. The van der Waals surface area contributed by atoms with Crippen molar-refractivity contribution < 1.29 is 9.53 Å². The standard InChI is InChI=1S/C17H15Cl3N2O2/c1-10(13-5-3-4-6-14(13)19)21-22-17(23)11(2)24-16-8-7-12(18)9-15(16)20/h3-9,11H,1-2H3,(H,22,23)/b21-10+. The largest absolute Gasteiger partial charge is 0.479 e. The van der Waals surface area contributed by atoms with Gasteiger partial charge in [-0.2, -0.15) is 5.10 Å². The van der Waals surface area contributed by atoms with Crippen LogP contribution in [0.25, 0.3) is 0 Å². The van der Waals surface area contributed by atoms with Crippen LogP contribution in [-0.4, -0.2) is 17.7 Å². The maximum Gasteiger partial charge on any atom is 0.280 e. The molecule has 1 amide bonds. The van der Waals surface area contributed by atoms with Gasteiger partial charge in [0.05, 0.1) is 10.7 Å². The number of amides is 1. The van der Waals surface area contributed by atoms with Crippen molar-refractivity contribution in [3.63, 3.8) is 0 Å². The third kappa shape index (κ3) is 4.87. The van der Waals surface area contributed by atoms with Gasteiger partial charge in [-0.1, -0.05) is 53.0 Å². The quantitative estimate of drug-likeness (QED) is 0.584. The summed E-state index contributed by atoms with van der Waals surface area (Å²) in [7, 11) is 0. The Hall–Kier alpha value is -1.75. The molecule has 0 spiro atoms. The minimum absolute atomic E-state index is 0.331. The number of ether oxygens (including phenoxy) is 1. The highest BCUT2D eigenvalue weighted by Crippen LogP contribution is 2.28. The van der Waals surface area contributed by atoms with Crippen LogP contribution >= 0.6 is 34.8 Å². The smallest absolute Gasteiger partial charge is 0.280 e. The van der Waals surface area contributed by atoms with Crippen LogP contribution in [0.5, 0.6) is 5.75 Å². The van der Waals surface area contributed by atoms with Gasteiger partial charge in [0.25, 0.3) is 5.91 Å². The minimum atomic E-state index is -0.786. The zero-order valence-electron chi connectivity index (χ0n) is 13.0. The van der Waals surface area contributed by atoms with Crippen molar-refractivity contribution in [2.75, 3.05) is 0 Å². The fraction of sp³-hybridized carbons (Fsp3) is 0.176. The maximum atomic E-state index is 12.1. The Morgan fingerprint density at radius 1 is 1.12 bits per heavy atom. The van der Waals surface area contributed by atoms with E-state index in [9.17, 15) is 4.79 Å². The lowest BCUT2D eigenvalue weighted by atomic mass is 10.1. The Morgan fingerprint density at radius 2 is 1.83 bits per heavy atom. The van der Waals surface area contributed by atoms with E-state index in [1.807, 2.05) is 18.2 Å². The van der Waals surface area contributed by atoms with Crippen LogP contribution in [0.3, 0.4) is 0 Å². The predicted molar refractivity (Wildman–Crippen MR) is 98.4 cm³/mol. The lowest BCUT2D eigenvalue weighted by Gasteiger charge is -2.14. The number of hydrazone groups is 1. The van der Waals surface area contributed by atoms with Gasteiger partial charge in [-0.3, -0.25) is 4.79 Å². The SMILES string of the molecule is C/C(=N\NC(=O)C(C)Oc1ccc(Cl)cc1Cl)c1ccccc1Cl. The first-order valence-corrected chi connectivity index (χ1v) is 8.22.